The summed E-state index contributed by atoms with van der Waals surface area (Å²) in [6.45, 7) is 13.0. The predicted octanol–water partition coefficient (Wildman–Crippen LogP) is 5.75. The lowest BCUT2D eigenvalue weighted by molar-refractivity contribution is 1.24. The Bertz CT molecular complexity index is 865. The van der Waals surface area contributed by atoms with Crippen molar-refractivity contribution in [3.63, 3.8) is 0 Å². The van der Waals surface area contributed by atoms with Crippen LogP contribution in [0.25, 0.3) is 22.2 Å². The number of aryl methyl sites for hydroxylation is 5. The van der Waals surface area contributed by atoms with Gasteiger partial charge in [-0.15, -0.1) is 0 Å². The van der Waals surface area contributed by atoms with E-state index in [4.69, 9.17) is 4.98 Å². The molecule has 2 aromatic carbocycles. The Morgan fingerprint density at radius 3 is 1.91 bits per heavy atom. The molecule has 112 valence electrons. The van der Waals surface area contributed by atoms with Gasteiger partial charge in [0.15, 0.2) is 0 Å². The maximum Gasteiger partial charge on any atom is 0.0739 e. The van der Waals surface area contributed by atoms with Crippen LogP contribution >= 0.6 is 0 Å². The van der Waals surface area contributed by atoms with Crippen molar-refractivity contribution >= 4 is 10.9 Å². The van der Waals surface area contributed by atoms with Gasteiger partial charge in [0.1, 0.15) is 0 Å². The van der Waals surface area contributed by atoms with Crippen molar-refractivity contribution in [1.82, 2.24) is 4.98 Å². The maximum atomic E-state index is 4.98. The fraction of sp³-hybridized carbons (Fsp3) is 0.286. The second kappa shape index (κ2) is 5.24. The summed E-state index contributed by atoms with van der Waals surface area (Å²) in [5.74, 6) is 0. The van der Waals surface area contributed by atoms with Gasteiger partial charge in [-0.05, 0) is 99.2 Å². The number of hydrogen-bond acceptors (Lipinski definition) is 1. The Kier molecular flexibility index (Phi) is 3.52. The molecule has 1 heteroatoms. The van der Waals surface area contributed by atoms with Gasteiger partial charge in [-0.2, -0.15) is 0 Å². The van der Waals surface area contributed by atoms with Gasteiger partial charge < -0.3 is 0 Å². The zero-order valence-electron chi connectivity index (χ0n) is 14.3. The van der Waals surface area contributed by atoms with E-state index >= 15 is 0 Å². The van der Waals surface area contributed by atoms with E-state index in [1.165, 1.54) is 44.3 Å². The van der Waals surface area contributed by atoms with Crippen molar-refractivity contribution < 1.29 is 0 Å². The van der Waals surface area contributed by atoms with Crippen molar-refractivity contribution in [3.05, 3.63) is 63.7 Å². The third-order valence-corrected chi connectivity index (χ3v) is 4.68. The lowest BCUT2D eigenvalue weighted by atomic mass is 9.96. The summed E-state index contributed by atoms with van der Waals surface area (Å²) in [6, 6.07) is 11.2. The van der Waals surface area contributed by atoms with Crippen LogP contribution in [0.15, 0.2) is 30.3 Å². The van der Waals surface area contributed by atoms with Crippen LogP contribution in [0.1, 0.15) is 33.4 Å². The molecular weight excluding hydrogens is 266 g/mol. The molecule has 3 rings (SSSR count). The van der Waals surface area contributed by atoms with Gasteiger partial charge in [0.05, 0.1) is 11.2 Å². The molecule has 1 aromatic heterocycles. The van der Waals surface area contributed by atoms with Crippen LogP contribution in [-0.4, -0.2) is 4.98 Å². The highest BCUT2D eigenvalue weighted by Gasteiger charge is 2.10. The standard InChI is InChI=1S/C21H23N/c1-12-7-15(4)19-11-16(5)21(22-20(19)8-12)18-9-13(2)17(6)14(3)10-18/h7-11H,1-6H3. The second-order valence-electron chi connectivity index (χ2n) is 6.54. The topological polar surface area (TPSA) is 12.9 Å². The largest absolute Gasteiger partial charge is 0.247 e. The fourth-order valence-electron chi connectivity index (χ4n) is 3.19. The van der Waals surface area contributed by atoms with Crippen LogP contribution in [0.5, 0.6) is 0 Å². The smallest absolute Gasteiger partial charge is 0.0739 e. The zero-order chi connectivity index (χ0) is 16.0. The Morgan fingerprint density at radius 2 is 1.27 bits per heavy atom. The number of aromatic nitrogens is 1. The highest BCUT2D eigenvalue weighted by molar-refractivity contribution is 5.86. The predicted molar refractivity (Wildman–Crippen MR) is 95.6 cm³/mol. The molecule has 0 aliphatic rings. The molecule has 0 N–H and O–H groups in total. The van der Waals surface area contributed by atoms with Crippen LogP contribution < -0.4 is 0 Å². The van der Waals surface area contributed by atoms with Crippen molar-refractivity contribution in [2.45, 2.75) is 41.5 Å². The first kappa shape index (κ1) is 14.8. The number of fused-ring (bicyclic) bond motifs is 1. The fourth-order valence-corrected chi connectivity index (χ4v) is 3.19. The molecule has 1 heterocycles. The van der Waals surface area contributed by atoms with E-state index in [1.807, 2.05) is 0 Å². The average molecular weight is 289 g/mol. The Morgan fingerprint density at radius 1 is 0.636 bits per heavy atom. The van der Waals surface area contributed by atoms with Crippen molar-refractivity contribution in [1.29, 1.82) is 0 Å². The molecule has 0 bridgehead atoms. The highest BCUT2D eigenvalue weighted by atomic mass is 14.7. The van der Waals surface area contributed by atoms with E-state index in [0.717, 1.165) is 11.2 Å². The second-order valence-corrected chi connectivity index (χ2v) is 6.54. The minimum absolute atomic E-state index is 1.09. The third kappa shape index (κ3) is 2.41. The van der Waals surface area contributed by atoms with Crippen LogP contribution in [0, 0.1) is 41.5 Å². The van der Waals surface area contributed by atoms with E-state index in [9.17, 15) is 0 Å². The van der Waals surface area contributed by atoms with E-state index in [2.05, 4.69) is 71.9 Å². The van der Waals surface area contributed by atoms with Gasteiger partial charge in [0.2, 0.25) is 0 Å². The molecule has 0 amide bonds. The van der Waals surface area contributed by atoms with E-state index in [0.29, 0.717) is 0 Å². The lowest BCUT2D eigenvalue weighted by Gasteiger charge is -2.13. The maximum absolute atomic E-state index is 4.98. The van der Waals surface area contributed by atoms with Gasteiger partial charge in [0, 0.05) is 10.9 Å². The van der Waals surface area contributed by atoms with Crippen molar-refractivity contribution in [3.8, 4) is 11.3 Å². The van der Waals surface area contributed by atoms with E-state index in [1.54, 1.807) is 0 Å². The SMILES string of the molecule is Cc1cc(C)c2cc(C)c(-c3cc(C)c(C)c(C)c3)nc2c1. The Hall–Kier alpha value is -2.15. The van der Waals surface area contributed by atoms with Crippen LogP contribution in [-0.2, 0) is 0 Å². The van der Waals surface area contributed by atoms with Crippen LogP contribution in [0.4, 0.5) is 0 Å². The first-order valence-electron chi connectivity index (χ1n) is 7.83. The summed E-state index contributed by atoms with van der Waals surface area (Å²) in [5.41, 5.74) is 11.2. The summed E-state index contributed by atoms with van der Waals surface area (Å²) in [7, 11) is 0. The summed E-state index contributed by atoms with van der Waals surface area (Å²) >= 11 is 0. The van der Waals surface area contributed by atoms with Crippen molar-refractivity contribution in [2.24, 2.45) is 0 Å². The number of hydrogen-bond donors (Lipinski definition) is 0. The normalized spacial score (nSPS) is 11.2. The summed E-state index contributed by atoms with van der Waals surface area (Å²) in [4.78, 5) is 4.98. The molecular formula is C21H23N. The molecule has 0 aliphatic carbocycles. The molecule has 0 saturated carbocycles. The molecule has 22 heavy (non-hydrogen) atoms. The van der Waals surface area contributed by atoms with Gasteiger partial charge in [0.25, 0.3) is 0 Å². The quantitative estimate of drug-likeness (QED) is 0.555. The molecule has 0 spiro atoms. The van der Waals surface area contributed by atoms with Gasteiger partial charge in [-0.25, -0.2) is 4.98 Å². The number of nitrogens with zero attached hydrogens (tertiary/aromatic N) is 1. The molecule has 0 atom stereocenters. The minimum Gasteiger partial charge on any atom is -0.247 e. The molecule has 0 radical (unpaired) electrons. The molecule has 0 fully saturated rings. The lowest BCUT2D eigenvalue weighted by Crippen LogP contribution is -1.95. The van der Waals surface area contributed by atoms with Crippen molar-refractivity contribution in [2.75, 3.05) is 0 Å². The van der Waals surface area contributed by atoms with Gasteiger partial charge in [-0.3, -0.25) is 0 Å². The third-order valence-electron chi connectivity index (χ3n) is 4.68. The molecule has 0 aliphatic heterocycles. The Labute approximate surface area is 133 Å². The van der Waals surface area contributed by atoms with Crippen LogP contribution in [0.3, 0.4) is 0 Å². The highest BCUT2D eigenvalue weighted by Crippen LogP contribution is 2.29. The van der Waals surface area contributed by atoms with E-state index < -0.39 is 0 Å². The number of pyridine rings is 1. The molecule has 3 aromatic rings. The molecule has 0 unspecified atom stereocenters. The van der Waals surface area contributed by atoms with Crippen LogP contribution in [0.2, 0.25) is 0 Å². The Balaban J connectivity index is 2.29. The zero-order valence-corrected chi connectivity index (χ0v) is 14.3. The minimum atomic E-state index is 1.09. The van der Waals surface area contributed by atoms with Gasteiger partial charge in [-0.1, -0.05) is 6.07 Å². The molecule has 1 nitrogen and oxygen atoms in total. The summed E-state index contributed by atoms with van der Waals surface area (Å²) < 4.78 is 0. The van der Waals surface area contributed by atoms with Gasteiger partial charge >= 0.3 is 0 Å². The number of benzene rings is 2. The molecule has 0 saturated heterocycles. The summed E-state index contributed by atoms with van der Waals surface area (Å²) in [5, 5.41) is 1.26. The average Bonchev–Trinajstić information content (AvgIpc) is 2.44. The first-order valence-corrected chi connectivity index (χ1v) is 7.83. The first-order chi connectivity index (χ1) is 10.4. The monoisotopic (exact) mass is 289 g/mol. The summed E-state index contributed by atoms with van der Waals surface area (Å²) in [6.07, 6.45) is 0. The van der Waals surface area contributed by atoms with E-state index in [-0.39, 0.29) is 0 Å². The number of rotatable bonds is 1.